The molecule has 1 amide bonds. The van der Waals surface area contributed by atoms with Crippen molar-refractivity contribution in [2.45, 2.75) is 54.8 Å². The SMILES string of the molecule is CC(CC(C)(NC1CC1)C(N)=O)Sc1ccc(F)cc1F. The molecule has 116 valence electrons. The average Bonchev–Trinajstić information content (AvgIpc) is 3.16. The second kappa shape index (κ2) is 6.32. The van der Waals surface area contributed by atoms with Crippen LogP contribution >= 0.6 is 11.8 Å². The fraction of sp³-hybridized carbons (Fsp3) is 0.533. The van der Waals surface area contributed by atoms with Crippen molar-refractivity contribution in [2.24, 2.45) is 5.73 Å². The molecule has 1 aromatic rings. The van der Waals surface area contributed by atoms with Crippen LogP contribution < -0.4 is 11.1 Å². The van der Waals surface area contributed by atoms with Gasteiger partial charge in [-0.1, -0.05) is 6.92 Å². The van der Waals surface area contributed by atoms with Crippen LogP contribution in [0.5, 0.6) is 0 Å². The molecule has 0 spiro atoms. The van der Waals surface area contributed by atoms with Gasteiger partial charge >= 0.3 is 0 Å². The van der Waals surface area contributed by atoms with Crippen LogP contribution in [-0.4, -0.2) is 22.7 Å². The molecule has 1 aromatic carbocycles. The van der Waals surface area contributed by atoms with E-state index in [1.165, 1.54) is 23.9 Å². The maximum Gasteiger partial charge on any atom is 0.237 e. The zero-order chi connectivity index (χ0) is 15.6. The Morgan fingerprint density at radius 2 is 2.19 bits per heavy atom. The molecule has 6 heteroatoms. The van der Waals surface area contributed by atoms with Crippen molar-refractivity contribution in [3.63, 3.8) is 0 Å². The Morgan fingerprint density at radius 1 is 1.52 bits per heavy atom. The van der Waals surface area contributed by atoms with Gasteiger partial charge in [0.05, 0.1) is 5.54 Å². The lowest BCUT2D eigenvalue weighted by molar-refractivity contribution is -0.124. The highest BCUT2D eigenvalue weighted by Gasteiger charge is 2.38. The molecular formula is C15H20F2N2OS. The molecule has 3 nitrogen and oxygen atoms in total. The molecule has 0 radical (unpaired) electrons. The number of hydrogen-bond acceptors (Lipinski definition) is 3. The van der Waals surface area contributed by atoms with E-state index in [9.17, 15) is 13.6 Å². The van der Waals surface area contributed by atoms with Gasteiger partial charge in [0.25, 0.3) is 0 Å². The third-order valence-electron chi connectivity index (χ3n) is 3.56. The molecule has 0 saturated heterocycles. The Hall–Kier alpha value is -1.14. The highest BCUT2D eigenvalue weighted by Crippen LogP contribution is 2.32. The smallest absolute Gasteiger partial charge is 0.237 e. The monoisotopic (exact) mass is 314 g/mol. The molecule has 1 saturated carbocycles. The van der Waals surface area contributed by atoms with Crippen molar-refractivity contribution in [3.05, 3.63) is 29.8 Å². The molecule has 1 aliphatic rings. The van der Waals surface area contributed by atoms with Crippen LogP contribution in [0.2, 0.25) is 0 Å². The number of rotatable bonds is 7. The summed E-state index contributed by atoms with van der Waals surface area (Å²) >= 11 is 1.28. The summed E-state index contributed by atoms with van der Waals surface area (Å²) in [6, 6.07) is 3.86. The van der Waals surface area contributed by atoms with Gasteiger partial charge in [-0.05, 0) is 38.3 Å². The van der Waals surface area contributed by atoms with Gasteiger partial charge in [-0.15, -0.1) is 11.8 Å². The Morgan fingerprint density at radius 3 is 2.71 bits per heavy atom. The van der Waals surface area contributed by atoms with E-state index in [4.69, 9.17) is 5.73 Å². The van der Waals surface area contributed by atoms with Gasteiger partial charge in [-0.3, -0.25) is 4.79 Å². The predicted molar refractivity (Wildman–Crippen MR) is 80.1 cm³/mol. The number of benzene rings is 1. The second-order valence-corrected chi connectivity index (χ2v) is 7.30. The molecule has 2 rings (SSSR count). The number of nitrogens with one attached hydrogen (secondary N) is 1. The van der Waals surface area contributed by atoms with Gasteiger partial charge in [-0.25, -0.2) is 8.78 Å². The van der Waals surface area contributed by atoms with E-state index in [2.05, 4.69) is 5.32 Å². The van der Waals surface area contributed by atoms with Crippen LogP contribution in [0.4, 0.5) is 8.78 Å². The second-order valence-electron chi connectivity index (χ2n) is 5.82. The minimum atomic E-state index is -0.801. The van der Waals surface area contributed by atoms with Crippen LogP contribution in [-0.2, 0) is 4.79 Å². The molecular weight excluding hydrogens is 294 g/mol. The highest BCUT2D eigenvalue weighted by molar-refractivity contribution is 8.00. The fourth-order valence-electron chi connectivity index (χ4n) is 2.31. The summed E-state index contributed by atoms with van der Waals surface area (Å²) in [7, 11) is 0. The number of nitrogens with two attached hydrogens (primary N) is 1. The Balaban J connectivity index is 2.01. The van der Waals surface area contributed by atoms with Crippen LogP contribution in [0.3, 0.4) is 0 Å². The summed E-state index contributed by atoms with van der Waals surface area (Å²) in [5.74, 6) is -1.58. The Bertz CT molecular complexity index is 536. The summed E-state index contributed by atoms with van der Waals surface area (Å²) in [6.07, 6.45) is 2.59. The number of amides is 1. The van der Waals surface area contributed by atoms with E-state index < -0.39 is 23.1 Å². The van der Waals surface area contributed by atoms with Crippen LogP contribution in [0.1, 0.15) is 33.1 Å². The van der Waals surface area contributed by atoms with Crippen molar-refractivity contribution < 1.29 is 13.6 Å². The predicted octanol–water partition coefficient (Wildman–Crippen LogP) is 2.83. The lowest BCUT2D eigenvalue weighted by Crippen LogP contribution is -2.55. The molecule has 3 N–H and O–H groups in total. The molecule has 1 fully saturated rings. The van der Waals surface area contributed by atoms with Crippen molar-refractivity contribution in [2.75, 3.05) is 0 Å². The Kier molecular flexibility index (Phi) is 4.88. The summed E-state index contributed by atoms with van der Waals surface area (Å²) in [5, 5.41) is 3.23. The summed E-state index contributed by atoms with van der Waals surface area (Å²) in [6.45, 7) is 3.69. The number of halogens is 2. The van der Waals surface area contributed by atoms with Crippen LogP contribution in [0.25, 0.3) is 0 Å². The van der Waals surface area contributed by atoms with Gasteiger partial charge in [0.1, 0.15) is 11.6 Å². The van der Waals surface area contributed by atoms with Crippen molar-refractivity contribution >= 4 is 17.7 Å². The van der Waals surface area contributed by atoms with Crippen LogP contribution in [0.15, 0.2) is 23.1 Å². The van der Waals surface area contributed by atoms with Crippen molar-refractivity contribution in [3.8, 4) is 0 Å². The quantitative estimate of drug-likeness (QED) is 0.761. The van der Waals surface area contributed by atoms with Gasteiger partial charge in [0, 0.05) is 22.3 Å². The summed E-state index contributed by atoms with van der Waals surface area (Å²) < 4.78 is 26.5. The molecule has 2 atom stereocenters. The van der Waals surface area contributed by atoms with Crippen LogP contribution in [0, 0.1) is 11.6 Å². The summed E-state index contributed by atoms with van der Waals surface area (Å²) in [5.41, 5.74) is 4.70. The number of thioether (sulfide) groups is 1. The van der Waals surface area contributed by atoms with Crippen molar-refractivity contribution in [1.29, 1.82) is 0 Å². The fourth-order valence-corrected chi connectivity index (χ4v) is 3.48. The molecule has 0 aliphatic heterocycles. The number of hydrogen-bond donors (Lipinski definition) is 2. The zero-order valence-corrected chi connectivity index (χ0v) is 13.0. The van der Waals surface area contributed by atoms with Gasteiger partial charge in [0.2, 0.25) is 5.91 Å². The van der Waals surface area contributed by atoms with Crippen molar-refractivity contribution in [1.82, 2.24) is 5.32 Å². The van der Waals surface area contributed by atoms with Gasteiger partial charge < -0.3 is 11.1 Å². The van der Waals surface area contributed by atoms with E-state index in [0.717, 1.165) is 18.9 Å². The molecule has 0 bridgehead atoms. The average molecular weight is 314 g/mol. The Labute approximate surface area is 127 Å². The number of carbonyl (C=O) groups excluding carboxylic acids is 1. The topological polar surface area (TPSA) is 55.1 Å². The largest absolute Gasteiger partial charge is 0.368 e. The molecule has 2 unspecified atom stereocenters. The summed E-state index contributed by atoms with van der Waals surface area (Å²) in [4.78, 5) is 12.1. The van der Waals surface area contributed by atoms with Gasteiger partial charge in [-0.2, -0.15) is 0 Å². The first kappa shape index (κ1) is 16.2. The molecule has 0 aromatic heterocycles. The van der Waals surface area contributed by atoms with E-state index in [1.807, 2.05) is 6.92 Å². The van der Waals surface area contributed by atoms with Gasteiger partial charge in [0.15, 0.2) is 0 Å². The van der Waals surface area contributed by atoms with E-state index in [1.54, 1.807) is 6.92 Å². The maximum absolute atomic E-state index is 13.7. The molecule has 21 heavy (non-hydrogen) atoms. The minimum absolute atomic E-state index is 0.0336. The third-order valence-corrected chi connectivity index (χ3v) is 4.72. The van der Waals surface area contributed by atoms with E-state index in [0.29, 0.717) is 17.4 Å². The lowest BCUT2D eigenvalue weighted by atomic mass is 9.95. The lowest BCUT2D eigenvalue weighted by Gasteiger charge is -2.30. The van der Waals surface area contributed by atoms with E-state index >= 15 is 0 Å². The normalized spacial score (nSPS) is 19.0. The highest BCUT2D eigenvalue weighted by atomic mass is 32.2. The maximum atomic E-state index is 13.7. The number of carbonyl (C=O) groups is 1. The first-order chi connectivity index (χ1) is 9.80. The molecule has 0 heterocycles. The third kappa shape index (κ3) is 4.41. The molecule has 1 aliphatic carbocycles. The number of primary amides is 1. The van der Waals surface area contributed by atoms with E-state index in [-0.39, 0.29) is 5.25 Å². The zero-order valence-electron chi connectivity index (χ0n) is 12.2. The first-order valence-corrected chi connectivity index (χ1v) is 7.87. The standard InChI is InChI=1S/C15H20F2N2OS/c1-9(21-13-6-3-10(16)7-12(13)17)8-15(2,14(18)20)19-11-4-5-11/h3,6-7,9,11,19H,4-5,8H2,1-2H3,(H2,18,20). The first-order valence-electron chi connectivity index (χ1n) is 6.99. The minimum Gasteiger partial charge on any atom is -0.368 e.